The van der Waals surface area contributed by atoms with E-state index in [1.54, 1.807) is 0 Å². The molecule has 0 radical (unpaired) electrons. The molecule has 0 saturated carbocycles. The molecular formula is C30H62NO6P. The number of phosphoric ester groups is 1. The molecule has 0 aliphatic heterocycles. The molecule has 0 aromatic rings. The molecule has 8 heteroatoms. The van der Waals surface area contributed by atoms with Gasteiger partial charge in [0.05, 0.1) is 18.8 Å². The van der Waals surface area contributed by atoms with Crippen LogP contribution in [0.25, 0.3) is 0 Å². The van der Waals surface area contributed by atoms with Crippen LogP contribution in [0.2, 0.25) is 0 Å². The molecule has 0 fully saturated rings. The summed E-state index contributed by atoms with van der Waals surface area (Å²) < 4.78 is 15.8. The third kappa shape index (κ3) is 27.1. The van der Waals surface area contributed by atoms with Crippen LogP contribution in [0, 0.1) is 0 Å². The number of phosphoric acid groups is 1. The highest BCUT2D eigenvalue weighted by Crippen LogP contribution is 2.36. The highest BCUT2D eigenvalue weighted by atomic mass is 31.2. The zero-order chi connectivity index (χ0) is 28.3. The Labute approximate surface area is 234 Å². The van der Waals surface area contributed by atoms with Crippen LogP contribution in [0.4, 0.5) is 0 Å². The van der Waals surface area contributed by atoms with Crippen molar-refractivity contribution in [3.05, 3.63) is 0 Å². The van der Waals surface area contributed by atoms with E-state index >= 15 is 0 Å². The van der Waals surface area contributed by atoms with Gasteiger partial charge in [-0.2, -0.15) is 0 Å². The van der Waals surface area contributed by atoms with E-state index in [1.165, 1.54) is 103 Å². The average Bonchev–Trinajstić information content (AvgIpc) is 2.87. The van der Waals surface area contributed by atoms with Gasteiger partial charge in [-0.05, 0) is 12.8 Å². The van der Waals surface area contributed by atoms with Crippen molar-refractivity contribution in [3.8, 4) is 0 Å². The molecule has 0 aliphatic carbocycles. The molecule has 0 heterocycles. The smallest absolute Gasteiger partial charge is 0.391 e. The summed E-state index contributed by atoms with van der Waals surface area (Å²) >= 11 is 0. The quantitative estimate of drug-likeness (QED) is 0.0537. The molecule has 0 saturated heterocycles. The second-order valence-corrected chi connectivity index (χ2v) is 12.4. The predicted octanol–water partition coefficient (Wildman–Crippen LogP) is 8.34. The lowest BCUT2D eigenvalue weighted by Crippen LogP contribution is -2.46. The summed E-state index contributed by atoms with van der Waals surface area (Å²) in [5, 5.41) is 13.4. The lowest BCUT2D eigenvalue weighted by atomic mass is 10.0. The Hall–Kier alpha value is -0.460. The van der Waals surface area contributed by atoms with Crippen LogP contribution in [0.15, 0.2) is 0 Å². The van der Waals surface area contributed by atoms with Crippen molar-refractivity contribution in [2.45, 2.75) is 180 Å². The molecule has 0 rings (SSSR count). The first-order valence-corrected chi connectivity index (χ1v) is 17.5. The van der Waals surface area contributed by atoms with Crippen LogP contribution < -0.4 is 5.32 Å². The molecule has 0 bridgehead atoms. The summed E-state index contributed by atoms with van der Waals surface area (Å²) in [6.45, 7) is 4.07. The van der Waals surface area contributed by atoms with E-state index in [0.29, 0.717) is 12.8 Å². The van der Waals surface area contributed by atoms with Gasteiger partial charge in [-0.1, -0.05) is 149 Å². The molecular weight excluding hydrogens is 501 g/mol. The van der Waals surface area contributed by atoms with Gasteiger partial charge in [0.25, 0.3) is 0 Å². The Morgan fingerprint density at radius 3 is 1.42 bits per heavy atom. The molecule has 2 atom stereocenters. The van der Waals surface area contributed by atoms with Crippen molar-refractivity contribution in [2.24, 2.45) is 0 Å². The van der Waals surface area contributed by atoms with Crippen LogP contribution in [0.3, 0.4) is 0 Å². The maximum absolute atomic E-state index is 12.4. The van der Waals surface area contributed by atoms with Crippen molar-refractivity contribution < 1.29 is 28.8 Å². The van der Waals surface area contributed by atoms with Crippen molar-refractivity contribution >= 4 is 13.7 Å². The van der Waals surface area contributed by atoms with Crippen molar-refractivity contribution in [3.63, 3.8) is 0 Å². The SMILES string of the molecule is CCCCCCCCCCCCCCC(=O)N[C@@H](COP(=O)(O)O)[C@H](O)CCCCCCCCCCCC. The molecule has 228 valence electrons. The first kappa shape index (κ1) is 37.5. The Balaban J connectivity index is 4.04. The Morgan fingerprint density at radius 1 is 0.658 bits per heavy atom. The number of aliphatic hydroxyl groups excluding tert-OH is 1. The van der Waals surface area contributed by atoms with Gasteiger partial charge in [-0.3, -0.25) is 9.32 Å². The number of hydrogen-bond acceptors (Lipinski definition) is 4. The number of carbonyl (C=O) groups is 1. The topological polar surface area (TPSA) is 116 Å². The van der Waals surface area contributed by atoms with E-state index in [1.807, 2.05) is 0 Å². The summed E-state index contributed by atoms with van der Waals surface area (Å²) in [6, 6.07) is -0.814. The molecule has 1 amide bonds. The predicted molar refractivity (Wildman–Crippen MR) is 158 cm³/mol. The van der Waals surface area contributed by atoms with Gasteiger partial charge in [-0.15, -0.1) is 0 Å². The normalized spacial score (nSPS) is 13.5. The van der Waals surface area contributed by atoms with Gasteiger partial charge in [0, 0.05) is 6.42 Å². The Morgan fingerprint density at radius 2 is 1.03 bits per heavy atom. The summed E-state index contributed by atoms with van der Waals surface area (Å²) in [4.78, 5) is 30.6. The minimum atomic E-state index is -4.67. The fourth-order valence-corrected chi connectivity index (χ4v) is 5.23. The van der Waals surface area contributed by atoms with Crippen LogP contribution >= 0.6 is 7.82 Å². The van der Waals surface area contributed by atoms with Gasteiger partial charge in [0.1, 0.15) is 0 Å². The third-order valence-electron chi connectivity index (χ3n) is 7.34. The first-order chi connectivity index (χ1) is 18.3. The number of hydrogen-bond donors (Lipinski definition) is 4. The number of carbonyl (C=O) groups excluding carboxylic acids is 1. The first-order valence-electron chi connectivity index (χ1n) is 16.0. The molecule has 0 aromatic heterocycles. The monoisotopic (exact) mass is 563 g/mol. The average molecular weight is 564 g/mol. The van der Waals surface area contributed by atoms with Gasteiger partial charge in [0.15, 0.2) is 0 Å². The highest BCUT2D eigenvalue weighted by molar-refractivity contribution is 7.46. The second-order valence-electron chi connectivity index (χ2n) is 11.1. The lowest BCUT2D eigenvalue weighted by Gasteiger charge is -2.24. The van der Waals surface area contributed by atoms with Gasteiger partial charge in [0.2, 0.25) is 5.91 Å². The van der Waals surface area contributed by atoms with Crippen molar-refractivity contribution in [1.29, 1.82) is 0 Å². The van der Waals surface area contributed by atoms with Crippen LogP contribution in [0.1, 0.15) is 168 Å². The maximum Gasteiger partial charge on any atom is 0.469 e. The van der Waals surface area contributed by atoms with Crippen molar-refractivity contribution in [1.82, 2.24) is 5.32 Å². The number of nitrogens with one attached hydrogen (secondary N) is 1. The molecule has 0 aliphatic rings. The van der Waals surface area contributed by atoms with Crippen molar-refractivity contribution in [2.75, 3.05) is 6.61 Å². The van der Waals surface area contributed by atoms with E-state index in [2.05, 4.69) is 23.7 Å². The van der Waals surface area contributed by atoms with Crippen LogP contribution in [-0.2, 0) is 13.9 Å². The number of unbranched alkanes of at least 4 members (excludes halogenated alkanes) is 20. The van der Waals surface area contributed by atoms with Gasteiger partial charge >= 0.3 is 7.82 Å². The summed E-state index contributed by atoms with van der Waals surface area (Å²) in [5.74, 6) is -0.196. The number of aliphatic hydroxyl groups is 1. The molecule has 7 nitrogen and oxygen atoms in total. The standard InChI is InChI=1S/C30H62NO6P/c1-3-5-7-9-11-13-15-16-18-20-22-24-26-30(33)31-28(27-37-38(34,35)36)29(32)25-23-21-19-17-14-12-10-8-6-4-2/h28-29,32H,3-27H2,1-2H3,(H,31,33)(H2,34,35,36)/t28-,29+/m0/s1. The molecule has 0 spiro atoms. The minimum absolute atomic E-state index is 0.196. The minimum Gasteiger partial charge on any atom is -0.391 e. The number of rotatable bonds is 29. The van der Waals surface area contributed by atoms with E-state index in [0.717, 1.165) is 38.5 Å². The summed E-state index contributed by atoms with van der Waals surface area (Å²) in [5.41, 5.74) is 0. The number of amides is 1. The highest BCUT2D eigenvalue weighted by Gasteiger charge is 2.25. The maximum atomic E-state index is 12.4. The summed E-state index contributed by atoms with van der Waals surface area (Å²) in [7, 11) is -4.67. The second kappa shape index (κ2) is 26.7. The fourth-order valence-electron chi connectivity index (χ4n) is 4.87. The van der Waals surface area contributed by atoms with Gasteiger partial charge < -0.3 is 20.2 Å². The fraction of sp³-hybridized carbons (Fsp3) is 0.967. The largest absolute Gasteiger partial charge is 0.469 e. The lowest BCUT2D eigenvalue weighted by molar-refractivity contribution is -0.123. The molecule has 38 heavy (non-hydrogen) atoms. The molecule has 0 aromatic carbocycles. The van der Waals surface area contributed by atoms with Crippen LogP contribution in [0.5, 0.6) is 0 Å². The van der Waals surface area contributed by atoms with E-state index in [-0.39, 0.29) is 5.91 Å². The molecule has 4 N–H and O–H groups in total. The summed E-state index contributed by atoms with van der Waals surface area (Å²) in [6.07, 6.45) is 26.5. The van der Waals surface area contributed by atoms with Crippen LogP contribution in [-0.4, -0.2) is 39.6 Å². The third-order valence-corrected chi connectivity index (χ3v) is 7.83. The zero-order valence-corrected chi connectivity index (χ0v) is 25.7. The van der Waals surface area contributed by atoms with E-state index in [9.17, 15) is 14.5 Å². The Kier molecular flexibility index (Phi) is 26.4. The van der Waals surface area contributed by atoms with Gasteiger partial charge in [-0.25, -0.2) is 4.57 Å². The molecule has 0 unspecified atom stereocenters. The van der Waals surface area contributed by atoms with E-state index in [4.69, 9.17) is 9.79 Å². The van der Waals surface area contributed by atoms with E-state index < -0.39 is 26.6 Å². The Bertz CT molecular complexity index is 571. The zero-order valence-electron chi connectivity index (χ0n) is 24.8.